The molecular weight excluding hydrogens is 252 g/mol. The number of nitrogens with one attached hydrogen (secondary N) is 1. The van der Waals surface area contributed by atoms with Gasteiger partial charge in [0, 0.05) is 23.7 Å². The molecule has 2 aromatic rings. The van der Waals surface area contributed by atoms with Crippen molar-refractivity contribution in [3.63, 3.8) is 0 Å². The van der Waals surface area contributed by atoms with Crippen LogP contribution in [0.3, 0.4) is 0 Å². The largest absolute Gasteiger partial charge is 0.368 e. The molecule has 7 heteroatoms. The van der Waals surface area contributed by atoms with Crippen molar-refractivity contribution in [2.75, 3.05) is 5.32 Å². The molecule has 0 amide bonds. The number of nitro benzene ring substituents is 1. The number of non-ortho nitro benzene ring substituents is 1. The second-order valence-corrected chi connectivity index (χ2v) is 4.52. The van der Waals surface area contributed by atoms with E-state index in [-0.39, 0.29) is 16.7 Å². The first-order valence-electron chi connectivity index (χ1n) is 5.49. The van der Waals surface area contributed by atoms with Crippen LogP contribution in [0.15, 0.2) is 30.5 Å². The highest BCUT2D eigenvalue weighted by Crippen LogP contribution is 2.26. The summed E-state index contributed by atoms with van der Waals surface area (Å²) < 4.78 is 3.77. The topological polar surface area (TPSA) is 81.0 Å². The molecule has 0 bridgehead atoms. The number of nitrogens with zero attached hydrogens (tertiary/aromatic N) is 3. The van der Waals surface area contributed by atoms with Crippen LogP contribution >= 0.6 is 11.5 Å². The average Bonchev–Trinajstić information content (AvgIpc) is 2.89. The maximum absolute atomic E-state index is 10.7. The Labute approximate surface area is 108 Å². The molecule has 2 rings (SSSR count). The molecule has 0 aliphatic heterocycles. The van der Waals surface area contributed by atoms with Gasteiger partial charge in [0.05, 0.1) is 17.2 Å². The fourth-order valence-electron chi connectivity index (χ4n) is 1.68. The van der Waals surface area contributed by atoms with Gasteiger partial charge in [-0.3, -0.25) is 10.1 Å². The summed E-state index contributed by atoms with van der Waals surface area (Å²) in [6, 6.07) is 6.68. The van der Waals surface area contributed by atoms with Gasteiger partial charge in [0.2, 0.25) is 0 Å². The van der Waals surface area contributed by atoms with E-state index in [2.05, 4.69) is 14.9 Å². The molecule has 6 nitrogen and oxygen atoms in total. The van der Waals surface area contributed by atoms with E-state index in [0.29, 0.717) is 0 Å². The van der Waals surface area contributed by atoms with E-state index >= 15 is 0 Å². The second-order valence-electron chi connectivity index (χ2n) is 3.74. The molecule has 1 atom stereocenters. The number of nitro groups is 1. The van der Waals surface area contributed by atoms with E-state index in [1.165, 1.54) is 17.6 Å². The highest BCUT2D eigenvalue weighted by molar-refractivity contribution is 7.09. The second kappa shape index (κ2) is 5.54. The van der Waals surface area contributed by atoms with Crippen LogP contribution in [0.5, 0.6) is 0 Å². The quantitative estimate of drug-likeness (QED) is 0.663. The molecule has 94 valence electrons. The monoisotopic (exact) mass is 264 g/mol. The van der Waals surface area contributed by atoms with Crippen molar-refractivity contribution in [2.24, 2.45) is 0 Å². The Hall–Kier alpha value is -2.02. The fraction of sp³-hybridized carbons (Fsp3) is 0.273. The summed E-state index contributed by atoms with van der Waals surface area (Å²) in [4.78, 5) is 10.4. The van der Waals surface area contributed by atoms with Crippen LogP contribution in [0, 0.1) is 10.1 Å². The zero-order valence-corrected chi connectivity index (χ0v) is 10.6. The number of aromatic nitrogens is 2. The fourth-order valence-corrected chi connectivity index (χ4v) is 2.15. The first-order valence-corrected chi connectivity index (χ1v) is 6.26. The lowest BCUT2D eigenvalue weighted by molar-refractivity contribution is -0.384. The molecule has 18 heavy (non-hydrogen) atoms. The van der Waals surface area contributed by atoms with Crippen LogP contribution in [0.1, 0.15) is 24.9 Å². The van der Waals surface area contributed by atoms with Crippen LogP contribution in [0.25, 0.3) is 0 Å². The lowest BCUT2D eigenvalue weighted by Gasteiger charge is -2.16. The van der Waals surface area contributed by atoms with Crippen molar-refractivity contribution in [3.8, 4) is 0 Å². The molecule has 1 N–H and O–H groups in total. The van der Waals surface area contributed by atoms with Crippen molar-refractivity contribution in [3.05, 3.63) is 46.1 Å². The third kappa shape index (κ3) is 2.80. The highest BCUT2D eigenvalue weighted by Gasteiger charge is 2.13. The van der Waals surface area contributed by atoms with Crippen LogP contribution in [0.2, 0.25) is 0 Å². The first kappa shape index (κ1) is 12.4. The van der Waals surface area contributed by atoms with Gasteiger partial charge in [-0.2, -0.15) is 0 Å². The zero-order valence-electron chi connectivity index (χ0n) is 9.74. The summed E-state index contributed by atoms with van der Waals surface area (Å²) in [6.07, 6.45) is 2.46. The molecule has 1 heterocycles. The lowest BCUT2D eigenvalue weighted by atomic mass is 10.0. The number of rotatable bonds is 5. The molecule has 0 fully saturated rings. The van der Waals surface area contributed by atoms with Crippen molar-refractivity contribution < 1.29 is 4.92 Å². The van der Waals surface area contributed by atoms with Crippen molar-refractivity contribution >= 4 is 22.2 Å². The normalized spacial score (nSPS) is 12.1. The van der Waals surface area contributed by atoms with Crippen LogP contribution in [0.4, 0.5) is 10.7 Å². The molecule has 0 aliphatic carbocycles. The van der Waals surface area contributed by atoms with Gasteiger partial charge in [-0.15, -0.1) is 5.10 Å². The zero-order chi connectivity index (χ0) is 13.0. The van der Waals surface area contributed by atoms with Crippen LogP contribution in [-0.2, 0) is 0 Å². The SMILES string of the molecule is CCC(Nc1cnns1)c1cccc([N+](=O)[O-])c1. The summed E-state index contributed by atoms with van der Waals surface area (Å²) in [5.41, 5.74) is 0.996. The Bertz CT molecular complexity index is 530. The van der Waals surface area contributed by atoms with E-state index in [1.54, 1.807) is 18.3 Å². The van der Waals surface area contributed by atoms with Crippen LogP contribution < -0.4 is 5.32 Å². The molecule has 0 saturated carbocycles. The van der Waals surface area contributed by atoms with E-state index < -0.39 is 0 Å². The minimum atomic E-state index is -0.384. The van der Waals surface area contributed by atoms with Gasteiger partial charge < -0.3 is 5.32 Å². The average molecular weight is 264 g/mol. The minimum Gasteiger partial charge on any atom is -0.368 e. The number of anilines is 1. The molecule has 1 aromatic carbocycles. The van der Waals surface area contributed by atoms with Gasteiger partial charge in [-0.1, -0.05) is 23.5 Å². The molecule has 1 aromatic heterocycles. The number of benzene rings is 1. The van der Waals surface area contributed by atoms with Crippen molar-refractivity contribution in [1.29, 1.82) is 0 Å². The summed E-state index contributed by atoms with van der Waals surface area (Å²) in [5, 5.41) is 18.6. The van der Waals surface area contributed by atoms with Crippen LogP contribution in [-0.4, -0.2) is 14.5 Å². The Kier molecular flexibility index (Phi) is 3.83. The summed E-state index contributed by atoms with van der Waals surface area (Å²) in [6.45, 7) is 2.02. The molecule has 0 aliphatic rings. The molecule has 0 saturated heterocycles. The summed E-state index contributed by atoms with van der Waals surface area (Å²) in [7, 11) is 0. The summed E-state index contributed by atoms with van der Waals surface area (Å²) >= 11 is 1.27. The minimum absolute atomic E-state index is 0.0205. The van der Waals surface area contributed by atoms with E-state index in [9.17, 15) is 10.1 Å². The summed E-state index contributed by atoms with van der Waals surface area (Å²) in [5.74, 6) is 0. The third-order valence-electron chi connectivity index (χ3n) is 2.57. The van der Waals surface area contributed by atoms with Gasteiger partial charge in [0.25, 0.3) is 5.69 Å². The Balaban J connectivity index is 2.21. The molecule has 1 unspecified atom stereocenters. The molecule has 0 radical (unpaired) electrons. The standard InChI is InChI=1S/C11H12N4O2S/c1-2-10(13-11-7-12-14-18-11)8-4-3-5-9(6-8)15(16)17/h3-7,10,13H,2H2,1H3. The maximum atomic E-state index is 10.7. The van der Waals surface area contributed by atoms with E-state index in [0.717, 1.165) is 17.0 Å². The Morgan fingerprint density at radius 3 is 3.00 bits per heavy atom. The van der Waals surface area contributed by atoms with Gasteiger partial charge in [-0.05, 0) is 12.0 Å². The third-order valence-corrected chi connectivity index (χ3v) is 3.17. The van der Waals surface area contributed by atoms with Gasteiger partial charge in [0.1, 0.15) is 5.00 Å². The van der Waals surface area contributed by atoms with Gasteiger partial charge >= 0.3 is 0 Å². The first-order chi connectivity index (χ1) is 8.70. The molecular formula is C11H12N4O2S. The van der Waals surface area contributed by atoms with E-state index in [4.69, 9.17) is 0 Å². The maximum Gasteiger partial charge on any atom is 0.269 e. The van der Waals surface area contributed by atoms with Crippen molar-refractivity contribution in [2.45, 2.75) is 19.4 Å². The highest BCUT2D eigenvalue weighted by atomic mass is 32.1. The number of hydrogen-bond acceptors (Lipinski definition) is 6. The predicted octanol–water partition coefficient (Wildman–Crippen LogP) is 3.01. The smallest absolute Gasteiger partial charge is 0.269 e. The molecule has 0 spiro atoms. The van der Waals surface area contributed by atoms with Gasteiger partial charge in [-0.25, -0.2) is 0 Å². The van der Waals surface area contributed by atoms with Gasteiger partial charge in [0.15, 0.2) is 0 Å². The Morgan fingerprint density at radius 2 is 2.39 bits per heavy atom. The Morgan fingerprint density at radius 1 is 1.56 bits per heavy atom. The number of hydrogen-bond donors (Lipinski definition) is 1. The lowest BCUT2D eigenvalue weighted by Crippen LogP contribution is -2.08. The van der Waals surface area contributed by atoms with Crippen molar-refractivity contribution in [1.82, 2.24) is 9.59 Å². The predicted molar refractivity (Wildman–Crippen MR) is 69.7 cm³/mol. The van der Waals surface area contributed by atoms with E-state index in [1.807, 2.05) is 13.0 Å².